The summed E-state index contributed by atoms with van der Waals surface area (Å²) >= 11 is 0. The van der Waals surface area contributed by atoms with Crippen LogP contribution in [0.4, 0.5) is 24.5 Å². The molecule has 0 aliphatic rings. The van der Waals surface area contributed by atoms with Crippen LogP contribution in [0.1, 0.15) is 11.1 Å². The predicted molar refractivity (Wildman–Crippen MR) is 87.2 cm³/mol. The molecule has 0 aliphatic carbocycles. The summed E-state index contributed by atoms with van der Waals surface area (Å²) in [6.07, 6.45) is -3.30. The van der Waals surface area contributed by atoms with Gasteiger partial charge in [-0.3, -0.25) is 15.1 Å². The number of hydrogen-bond donors (Lipinski definition) is 2. The zero-order valence-corrected chi connectivity index (χ0v) is 12.8. The molecular weight excluding hydrogens is 339 g/mol. The van der Waals surface area contributed by atoms with E-state index in [1.165, 1.54) is 12.3 Å². The topological polar surface area (TPSA) is 87.8 Å². The Morgan fingerprint density at radius 2 is 1.96 bits per heavy atom. The van der Waals surface area contributed by atoms with Crippen molar-refractivity contribution in [3.8, 4) is 5.75 Å². The highest BCUT2D eigenvalue weighted by Gasteiger charge is 2.35. The molecule has 0 radical (unpaired) electrons. The summed E-state index contributed by atoms with van der Waals surface area (Å²) in [5.74, 6) is 0.0499. The molecule has 0 amide bonds. The lowest BCUT2D eigenvalue weighted by Gasteiger charge is -2.13. The second-order valence-electron chi connectivity index (χ2n) is 5.01. The fraction of sp³-hybridized carbons (Fsp3) is 0.188. The zero-order valence-electron chi connectivity index (χ0n) is 12.8. The van der Waals surface area contributed by atoms with E-state index >= 15 is 0 Å². The van der Waals surface area contributed by atoms with Crippen LogP contribution in [0.2, 0.25) is 0 Å². The third kappa shape index (κ3) is 4.93. The van der Waals surface area contributed by atoms with Crippen molar-refractivity contribution in [3.63, 3.8) is 0 Å². The maximum atomic E-state index is 13.0. The number of aromatic hydroxyl groups is 1. The van der Waals surface area contributed by atoms with Gasteiger partial charge in [-0.15, -0.1) is 0 Å². The van der Waals surface area contributed by atoms with Crippen LogP contribution in [0.3, 0.4) is 0 Å². The van der Waals surface area contributed by atoms with E-state index < -0.39 is 22.4 Å². The van der Waals surface area contributed by atoms with Gasteiger partial charge in [0.05, 0.1) is 17.0 Å². The van der Waals surface area contributed by atoms with Gasteiger partial charge in [0.15, 0.2) is 0 Å². The molecule has 2 aromatic rings. The van der Waals surface area contributed by atoms with Crippen molar-refractivity contribution in [2.24, 2.45) is 4.99 Å². The van der Waals surface area contributed by atoms with Gasteiger partial charge in [0.25, 0.3) is 5.69 Å². The Balaban J connectivity index is 2.03. The monoisotopic (exact) mass is 353 g/mol. The van der Waals surface area contributed by atoms with E-state index in [1.54, 1.807) is 18.2 Å². The molecule has 0 spiro atoms. The number of hydrogen-bond acceptors (Lipinski definition) is 5. The van der Waals surface area contributed by atoms with E-state index in [1.807, 2.05) is 0 Å². The van der Waals surface area contributed by atoms with Crippen LogP contribution in [0.25, 0.3) is 0 Å². The quantitative estimate of drug-likeness (QED) is 0.357. The summed E-state index contributed by atoms with van der Waals surface area (Å²) in [5.41, 5.74) is -1.49. The van der Waals surface area contributed by atoms with E-state index in [0.717, 1.165) is 12.1 Å². The van der Waals surface area contributed by atoms with Gasteiger partial charge >= 0.3 is 6.18 Å². The van der Waals surface area contributed by atoms with Gasteiger partial charge in [0, 0.05) is 36.1 Å². The molecule has 6 nitrogen and oxygen atoms in total. The molecule has 2 rings (SSSR count). The molecule has 0 saturated heterocycles. The second-order valence-corrected chi connectivity index (χ2v) is 5.01. The maximum Gasteiger partial charge on any atom is 0.418 e. The third-order valence-electron chi connectivity index (χ3n) is 3.24. The number of para-hydroxylation sites is 1. The first kappa shape index (κ1) is 18.2. The Morgan fingerprint density at radius 3 is 2.60 bits per heavy atom. The average molecular weight is 353 g/mol. The molecule has 132 valence electrons. The molecule has 0 aromatic heterocycles. The number of phenols is 1. The molecule has 0 heterocycles. The summed E-state index contributed by atoms with van der Waals surface area (Å²) in [4.78, 5) is 13.8. The number of anilines is 1. The minimum atomic E-state index is -4.71. The third-order valence-corrected chi connectivity index (χ3v) is 3.24. The van der Waals surface area contributed by atoms with Crippen molar-refractivity contribution in [1.29, 1.82) is 0 Å². The van der Waals surface area contributed by atoms with Gasteiger partial charge in [-0.25, -0.2) is 0 Å². The van der Waals surface area contributed by atoms with Crippen LogP contribution in [0.15, 0.2) is 47.5 Å². The molecule has 0 aliphatic heterocycles. The Bertz CT molecular complexity index is 792. The lowest BCUT2D eigenvalue weighted by Crippen LogP contribution is -2.13. The highest BCUT2D eigenvalue weighted by atomic mass is 19.4. The van der Waals surface area contributed by atoms with Crippen LogP contribution in [0, 0.1) is 10.1 Å². The molecule has 0 saturated carbocycles. The Morgan fingerprint density at radius 1 is 1.24 bits per heavy atom. The summed E-state index contributed by atoms with van der Waals surface area (Å²) in [6, 6.07) is 9.02. The number of halogens is 3. The molecular formula is C16H14F3N3O3. The molecule has 0 fully saturated rings. The molecule has 0 atom stereocenters. The van der Waals surface area contributed by atoms with Gasteiger partial charge in [0.1, 0.15) is 5.75 Å². The number of nitrogens with one attached hydrogen (secondary N) is 1. The predicted octanol–water partition coefficient (Wildman–Crippen LogP) is 3.85. The van der Waals surface area contributed by atoms with Crippen molar-refractivity contribution in [2.75, 3.05) is 18.4 Å². The van der Waals surface area contributed by atoms with Crippen LogP contribution in [0.5, 0.6) is 5.75 Å². The van der Waals surface area contributed by atoms with Gasteiger partial charge in [-0.2, -0.15) is 13.2 Å². The van der Waals surface area contributed by atoms with Crippen LogP contribution >= 0.6 is 0 Å². The smallest absolute Gasteiger partial charge is 0.418 e. The van der Waals surface area contributed by atoms with Crippen molar-refractivity contribution in [2.45, 2.75) is 6.18 Å². The van der Waals surface area contributed by atoms with E-state index in [-0.39, 0.29) is 24.5 Å². The largest absolute Gasteiger partial charge is 0.507 e. The maximum absolute atomic E-state index is 13.0. The first-order valence-electron chi connectivity index (χ1n) is 7.16. The van der Waals surface area contributed by atoms with Crippen LogP contribution in [-0.2, 0) is 6.18 Å². The number of non-ortho nitro benzene ring substituents is 1. The highest BCUT2D eigenvalue weighted by molar-refractivity contribution is 5.83. The SMILES string of the molecule is O=[N+]([O-])c1ccc(NCCN=Cc2ccccc2O)c(C(F)(F)F)c1. The van der Waals surface area contributed by atoms with Gasteiger partial charge in [-0.05, 0) is 18.2 Å². The van der Waals surface area contributed by atoms with Crippen LogP contribution < -0.4 is 5.32 Å². The summed E-state index contributed by atoms with van der Waals surface area (Å²) in [5, 5.41) is 22.8. The molecule has 0 unspecified atom stereocenters. The Kier molecular flexibility index (Phi) is 5.58. The van der Waals surface area contributed by atoms with E-state index in [4.69, 9.17) is 0 Å². The first-order chi connectivity index (χ1) is 11.8. The average Bonchev–Trinajstić information content (AvgIpc) is 2.55. The minimum absolute atomic E-state index is 0.0499. The number of alkyl halides is 3. The van der Waals surface area contributed by atoms with Crippen molar-refractivity contribution < 1.29 is 23.2 Å². The van der Waals surface area contributed by atoms with Crippen molar-refractivity contribution in [3.05, 3.63) is 63.7 Å². The summed E-state index contributed by atoms with van der Waals surface area (Å²) < 4.78 is 39.0. The van der Waals surface area contributed by atoms with Gasteiger partial charge in [-0.1, -0.05) is 12.1 Å². The lowest BCUT2D eigenvalue weighted by atomic mass is 10.1. The number of nitro benzene ring substituents is 1. The second kappa shape index (κ2) is 7.65. The summed E-state index contributed by atoms with van der Waals surface area (Å²) in [6.45, 7) is 0.244. The van der Waals surface area contributed by atoms with E-state index in [9.17, 15) is 28.4 Å². The van der Waals surface area contributed by atoms with E-state index in [2.05, 4.69) is 10.3 Å². The number of aliphatic imine (C=N–C) groups is 1. The lowest BCUT2D eigenvalue weighted by molar-refractivity contribution is -0.385. The molecule has 0 bridgehead atoms. The fourth-order valence-electron chi connectivity index (χ4n) is 2.05. The molecule has 2 N–H and O–H groups in total. The fourth-order valence-corrected chi connectivity index (χ4v) is 2.05. The number of benzene rings is 2. The van der Waals surface area contributed by atoms with Gasteiger partial charge in [0.2, 0.25) is 0 Å². The standard InChI is InChI=1S/C16H14F3N3O3/c17-16(18,19)13-9-12(22(24)25)5-6-14(13)21-8-7-20-10-11-3-1-2-4-15(11)23/h1-6,9-10,21,23H,7-8H2. The number of rotatable bonds is 6. The normalized spacial score (nSPS) is 11.6. The zero-order chi connectivity index (χ0) is 18.4. The Hall–Kier alpha value is -3.10. The number of nitro groups is 1. The summed E-state index contributed by atoms with van der Waals surface area (Å²) in [7, 11) is 0. The minimum Gasteiger partial charge on any atom is -0.507 e. The molecule has 25 heavy (non-hydrogen) atoms. The van der Waals surface area contributed by atoms with Crippen molar-refractivity contribution >= 4 is 17.6 Å². The first-order valence-corrected chi connectivity index (χ1v) is 7.16. The highest BCUT2D eigenvalue weighted by Crippen LogP contribution is 2.36. The number of nitrogens with zero attached hydrogens (tertiary/aromatic N) is 2. The van der Waals surface area contributed by atoms with Crippen molar-refractivity contribution in [1.82, 2.24) is 0 Å². The Labute approximate surface area is 140 Å². The van der Waals surface area contributed by atoms with E-state index in [0.29, 0.717) is 11.6 Å². The molecule has 9 heteroatoms. The number of phenolic OH excluding ortho intramolecular Hbond substituents is 1. The molecule has 2 aromatic carbocycles. The van der Waals surface area contributed by atoms with Crippen LogP contribution in [-0.4, -0.2) is 29.3 Å². The van der Waals surface area contributed by atoms with Gasteiger partial charge < -0.3 is 10.4 Å².